The first-order valence-electron chi connectivity index (χ1n) is 9.12. The number of nitrogens with zero attached hydrogens (tertiary/aromatic N) is 2. The summed E-state index contributed by atoms with van der Waals surface area (Å²) in [4.78, 5) is 32.8. The van der Waals surface area contributed by atoms with E-state index in [9.17, 15) is 18.4 Å². The number of rotatable bonds is 5. The Bertz CT molecular complexity index is 1120. The van der Waals surface area contributed by atoms with Gasteiger partial charge in [-0.25, -0.2) is 18.6 Å². The second-order valence-electron chi connectivity index (χ2n) is 6.27. The second kappa shape index (κ2) is 10.1. The average molecular weight is 424 g/mol. The van der Waals surface area contributed by atoms with Crippen LogP contribution in [-0.2, 0) is 11.3 Å². The van der Waals surface area contributed by atoms with E-state index in [0.717, 1.165) is 18.2 Å². The van der Waals surface area contributed by atoms with Crippen LogP contribution in [0.1, 0.15) is 26.4 Å². The van der Waals surface area contributed by atoms with E-state index in [2.05, 4.69) is 20.6 Å². The highest BCUT2D eigenvalue weighted by atomic mass is 19.2. The van der Waals surface area contributed by atoms with E-state index in [0.29, 0.717) is 16.9 Å². The molecule has 1 aromatic heterocycles. The fraction of sp³-hybridized carbons (Fsp3) is 0.0909. The topological polar surface area (TPSA) is 92.7 Å². The molecule has 0 aliphatic rings. The van der Waals surface area contributed by atoms with Crippen molar-refractivity contribution >= 4 is 23.5 Å². The van der Waals surface area contributed by atoms with Gasteiger partial charge in [0.15, 0.2) is 11.6 Å². The molecule has 9 heteroatoms. The van der Waals surface area contributed by atoms with E-state index in [1.54, 1.807) is 42.6 Å². The minimum atomic E-state index is -1.14. The maximum Gasteiger partial charge on any atom is 0.337 e. The van der Waals surface area contributed by atoms with E-state index in [1.165, 1.54) is 13.2 Å². The van der Waals surface area contributed by atoms with Crippen molar-refractivity contribution in [3.8, 4) is 0 Å². The zero-order valence-electron chi connectivity index (χ0n) is 16.4. The number of ether oxygens (including phenoxy) is 1. The summed E-state index contributed by atoms with van der Waals surface area (Å²) in [5, 5.41) is 5.44. The number of carbonyl (C=O) groups is 2. The summed E-state index contributed by atoms with van der Waals surface area (Å²) in [6.45, 7) is 0.137. The van der Waals surface area contributed by atoms with Crippen LogP contribution in [0.5, 0.6) is 0 Å². The number of amides is 1. The monoisotopic (exact) mass is 424 g/mol. The third kappa shape index (κ3) is 5.92. The number of aromatic nitrogens is 1. The Morgan fingerprint density at radius 1 is 1.00 bits per heavy atom. The molecule has 0 saturated heterocycles. The predicted octanol–water partition coefficient (Wildman–Crippen LogP) is 3.54. The normalized spacial score (nSPS) is 11.0. The first-order valence-corrected chi connectivity index (χ1v) is 9.12. The van der Waals surface area contributed by atoms with Crippen molar-refractivity contribution in [1.29, 1.82) is 0 Å². The molecule has 0 bridgehead atoms. The number of hydrogen-bond acceptors (Lipinski definition) is 5. The molecule has 3 aromatic rings. The molecule has 1 heterocycles. The highest BCUT2D eigenvalue weighted by molar-refractivity contribution is 6.10. The lowest BCUT2D eigenvalue weighted by Crippen LogP contribution is -2.36. The number of methoxy groups -OCH3 is 1. The highest BCUT2D eigenvalue weighted by Crippen LogP contribution is 2.13. The third-order valence-corrected chi connectivity index (χ3v) is 4.09. The van der Waals surface area contributed by atoms with Crippen LogP contribution in [0.4, 0.5) is 14.5 Å². The highest BCUT2D eigenvalue weighted by Gasteiger charge is 2.13. The van der Waals surface area contributed by atoms with Gasteiger partial charge in [0.1, 0.15) is 0 Å². The van der Waals surface area contributed by atoms with Gasteiger partial charge in [-0.3, -0.25) is 15.1 Å². The predicted molar refractivity (Wildman–Crippen MR) is 111 cm³/mol. The summed E-state index contributed by atoms with van der Waals surface area (Å²) in [5.74, 6) is -3.39. The largest absolute Gasteiger partial charge is 0.465 e. The Labute approximate surface area is 176 Å². The number of halogens is 2. The number of nitrogens with one attached hydrogen (secondary N) is 2. The van der Waals surface area contributed by atoms with Crippen LogP contribution in [0.2, 0.25) is 0 Å². The fourth-order valence-corrected chi connectivity index (χ4v) is 2.56. The quantitative estimate of drug-likeness (QED) is 0.371. The van der Waals surface area contributed by atoms with E-state index < -0.39 is 23.5 Å². The van der Waals surface area contributed by atoms with Crippen LogP contribution in [0.3, 0.4) is 0 Å². The van der Waals surface area contributed by atoms with Gasteiger partial charge in [0, 0.05) is 17.4 Å². The van der Waals surface area contributed by atoms with Gasteiger partial charge in [-0.1, -0.05) is 12.1 Å². The lowest BCUT2D eigenvalue weighted by Gasteiger charge is -2.13. The molecule has 0 atom stereocenters. The van der Waals surface area contributed by atoms with Gasteiger partial charge in [0.25, 0.3) is 5.91 Å². The summed E-state index contributed by atoms with van der Waals surface area (Å²) in [7, 11) is 1.27. The van der Waals surface area contributed by atoms with Crippen LogP contribution >= 0.6 is 0 Å². The van der Waals surface area contributed by atoms with Crippen molar-refractivity contribution in [2.24, 2.45) is 4.99 Å². The molecule has 3 rings (SSSR count). The number of carbonyl (C=O) groups excluding carboxylic acids is 2. The summed E-state index contributed by atoms with van der Waals surface area (Å²) in [6.07, 6.45) is 1.61. The molecule has 0 radical (unpaired) electrons. The van der Waals surface area contributed by atoms with Crippen molar-refractivity contribution in [1.82, 2.24) is 10.3 Å². The molecule has 1 amide bonds. The minimum absolute atomic E-state index is 0.0300. The third-order valence-electron chi connectivity index (χ3n) is 4.09. The first kappa shape index (κ1) is 21.6. The lowest BCUT2D eigenvalue weighted by atomic mass is 10.2. The number of esters is 1. The molecule has 2 N–H and O–H groups in total. The number of aliphatic imine (C=N–C) groups is 1. The number of anilines is 1. The first-order chi connectivity index (χ1) is 15.0. The van der Waals surface area contributed by atoms with Gasteiger partial charge < -0.3 is 10.1 Å². The Morgan fingerprint density at radius 2 is 1.84 bits per heavy atom. The van der Waals surface area contributed by atoms with Crippen molar-refractivity contribution in [3.05, 3.63) is 95.3 Å². The Kier molecular flexibility index (Phi) is 7.00. The molecule has 31 heavy (non-hydrogen) atoms. The lowest BCUT2D eigenvalue weighted by molar-refractivity contribution is 0.0600. The maximum atomic E-state index is 13.5. The van der Waals surface area contributed by atoms with Gasteiger partial charge in [-0.15, -0.1) is 0 Å². The molecule has 2 aromatic carbocycles. The molecular formula is C22H18F2N4O3. The number of pyridine rings is 1. The van der Waals surface area contributed by atoms with E-state index in [-0.39, 0.29) is 18.1 Å². The number of guanidine groups is 1. The van der Waals surface area contributed by atoms with Gasteiger partial charge in [-0.05, 0) is 48.5 Å². The average Bonchev–Trinajstić information content (AvgIpc) is 2.79. The van der Waals surface area contributed by atoms with Crippen molar-refractivity contribution < 1.29 is 23.1 Å². The molecule has 0 unspecified atom stereocenters. The number of benzene rings is 2. The molecule has 0 aliphatic carbocycles. The standard InChI is InChI=1S/C22H18F2N4O3/c1-31-21(30)15-5-4-7-16(11-15)27-22(26-13-17-6-2-3-10-25-17)28-20(29)14-8-9-18(23)19(24)12-14/h2-12H,13H2,1H3,(H2,26,27,28,29). The minimum Gasteiger partial charge on any atom is -0.465 e. The van der Waals surface area contributed by atoms with Crippen molar-refractivity contribution in [2.75, 3.05) is 12.4 Å². The molecule has 0 aliphatic heterocycles. The Morgan fingerprint density at radius 3 is 2.55 bits per heavy atom. The summed E-state index contributed by atoms with van der Waals surface area (Å²) in [6, 6.07) is 14.5. The van der Waals surface area contributed by atoms with Crippen LogP contribution in [0.15, 0.2) is 71.9 Å². The molecule has 7 nitrogen and oxygen atoms in total. The van der Waals surface area contributed by atoms with E-state index in [1.807, 2.05) is 0 Å². The van der Waals surface area contributed by atoms with E-state index >= 15 is 0 Å². The van der Waals surface area contributed by atoms with Crippen molar-refractivity contribution in [3.63, 3.8) is 0 Å². The van der Waals surface area contributed by atoms with Crippen LogP contribution < -0.4 is 10.6 Å². The SMILES string of the molecule is COC(=O)c1cccc(NC(=NCc2ccccn2)NC(=O)c2ccc(F)c(F)c2)c1. The molecule has 0 saturated carbocycles. The fourth-order valence-electron chi connectivity index (χ4n) is 2.56. The van der Waals surface area contributed by atoms with E-state index in [4.69, 9.17) is 4.74 Å². The summed E-state index contributed by atoms with van der Waals surface area (Å²) < 4.78 is 31.4. The molecule has 0 fully saturated rings. The molecular weight excluding hydrogens is 406 g/mol. The Balaban J connectivity index is 1.84. The maximum absolute atomic E-state index is 13.5. The smallest absolute Gasteiger partial charge is 0.337 e. The zero-order chi connectivity index (χ0) is 22.2. The summed E-state index contributed by atoms with van der Waals surface area (Å²) >= 11 is 0. The second-order valence-corrected chi connectivity index (χ2v) is 6.27. The molecule has 0 spiro atoms. The van der Waals surface area contributed by atoms with Gasteiger partial charge in [-0.2, -0.15) is 0 Å². The van der Waals surface area contributed by atoms with Gasteiger partial charge in [0.05, 0.1) is 24.9 Å². The van der Waals surface area contributed by atoms with Crippen molar-refractivity contribution in [2.45, 2.75) is 6.54 Å². The Hall–Kier alpha value is -4.14. The van der Waals surface area contributed by atoms with Crippen LogP contribution in [0.25, 0.3) is 0 Å². The van der Waals surface area contributed by atoms with Crippen LogP contribution in [-0.4, -0.2) is 29.9 Å². The number of hydrogen-bond donors (Lipinski definition) is 2. The zero-order valence-corrected chi connectivity index (χ0v) is 16.4. The summed E-state index contributed by atoms with van der Waals surface area (Å²) in [5.41, 5.74) is 1.30. The van der Waals surface area contributed by atoms with Gasteiger partial charge in [0.2, 0.25) is 5.96 Å². The molecule has 158 valence electrons. The van der Waals surface area contributed by atoms with Crippen LogP contribution in [0, 0.1) is 11.6 Å². The van der Waals surface area contributed by atoms with Gasteiger partial charge >= 0.3 is 5.97 Å².